The van der Waals surface area contributed by atoms with Gasteiger partial charge < -0.3 is 28.4 Å². The molecule has 0 unspecified atom stereocenters. The zero-order valence-corrected chi connectivity index (χ0v) is 25.5. The van der Waals surface area contributed by atoms with E-state index < -0.39 is 92.6 Å². The summed E-state index contributed by atoms with van der Waals surface area (Å²) in [5.41, 5.74) is -12.8. The van der Waals surface area contributed by atoms with Gasteiger partial charge in [-0.2, -0.15) is 0 Å². The second kappa shape index (κ2) is 8.13. The number of Topliss-reactive ketones (excluding diaryl/α,β-unsaturated/α-hetero) is 1. The van der Waals surface area contributed by atoms with Crippen LogP contribution in [0.25, 0.3) is 0 Å². The van der Waals surface area contributed by atoms with E-state index in [1.165, 1.54) is 20.8 Å². The van der Waals surface area contributed by atoms with E-state index in [4.69, 9.17) is 28.4 Å². The molecular weight excluding hydrogens is 564 g/mol. The number of esters is 5. The number of allylic oxidation sites excluding steroid dienone is 1. The van der Waals surface area contributed by atoms with Gasteiger partial charge in [0.15, 0.2) is 11.5 Å². The molecule has 4 heterocycles. The molecule has 6 aliphatic rings. The van der Waals surface area contributed by atoms with E-state index in [2.05, 4.69) is 6.58 Å². The maximum atomic E-state index is 14.9. The minimum Gasteiger partial charge on any atom is -0.459 e. The zero-order valence-electron chi connectivity index (χ0n) is 25.5. The Kier molecular flexibility index (Phi) is 5.59. The average molecular weight is 601 g/mol. The fourth-order valence-electron chi connectivity index (χ4n) is 9.40. The second-order valence-electron chi connectivity index (χ2n) is 13.5. The smallest absolute Gasteiger partial charge is 0.345 e. The number of hydrogen-bond acceptors (Lipinski definition) is 12. The normalized spacial score (nSPS) is 47.4. The first kappa shape index (κ1) is 29.5. The Balaban J connectivity index is 1.76. The molecule has 4 saturated heterocycles. The summed E-state index contributed by atoms with van der Waals surface area (Å²) in [4.78, 5) is 82.1. The van der Waals surface area contributed by atoms with Crippen molar-refractivity contribution < 1.29 is 57.2 Å². The number of carbonyl (C=O) groups is 6. The highest BCUT2D eigenvalue weighted by Crippen LogP contribution is 2.82. The highest BCUT2D eigenvalue weighted by molar-refractivity contribution is 6.21. The van der Waals surface area contributed by atoms with Gasteiger partial charge >= 0.3 is 29.8 Å². The van der Waals surface area contributed by atoms with Crippen molar-refractivity contribution >= 4 is 35.6 Å². The van der Waals surface area contributed by atoms with Gasteiger partial charge in [0.25, 0.3) is 0 Å². The lowest BCUT2D eigenvalue weighted by atomic mass is 9.35. The van der Waals surface area contributed by atoms with Crippen molar-refractivity contribution in [1.29, 1.82) is 0 Å². The summed E-state index contributed by atoms with van der Waals surface area (Å²) in [5.74, 6) is -4.95. The molecule has 2 spiro atoms. The van der Waals surface area contributed by atoms with Crippen LogP contribution >= 0.6 is 0 Å². The second-order valence-corrected chi connectivity index (χ2v) is 13.5. The van der Waals surface area contributed by atoms with Crippen LogP contribution < -0.4 is 0 Å². The molecule has 6 fully saturated rings. The van der Waals surface area contributed by atoms with E-state index in [9.17, 15) is 28.8 Å². The van der Waals surface area contributed by atoms with Gasteiger partial charge in [0.05, 0.1) is 5.41 Å². The molecule has 2 aliphatic carbocycles. The molecule has 0 radical (unpaired) electrons. The van der Waals surface area contributed by atoms with E-state index in [-0.39, 0.29) is 30.4 Å². The number of rotatable bonds is 3. The molecule has 0 amide bonds. The van der Waals surface area contributed by atoms with Crippen molar-refractivity contribution in [2.75, 3.05) is 0 Å². The molecule has 0 aromatic carbocycles. The van der Waals surface area contributed by atoms with Gasteiger partial charge in [-0.15, -0.1) is 0 Å². The van der Waals surface area contributed by atoms with Crippen LogP contribution in [-0.2, 0) is 57.2 Å². The van der Waals surface area contributed by atoms with Gasteiger partial charge in [0.1, 0.15) is 23.4 Å². The fourth-order valence-corrected chi connectivity index (χ4v) is 9.40. The molecule has 12 heteroatoms. The maximum absolute atomic E-state index is 14.9. The minimum atomic E-state index is -2.37. The molecule has 6 rings (SSSR count). The monoisotopic (exact) mass is 600 g/mol. The molecule has 0 aromatic rings. The number of hydrogen-bond donors (Lipinski definition) is 0. The standard InChI is InChI=1S/C31H36O12/c1-10-14(2)20(34)40-18-13-28(12-11-19(33)41-25(28,6)7)15(3)30-22(39-17(5)32)26(8)21(35)29(27(18,30)9)23(36)38-16(4)31(29,43-30)24(37)42-26/h10,16,18,22H,3,11-13H2,1-2,4-9H3/b14-10+/t16-,18-,22+,26-,27-,28-,29-,30+,31+/m0/s1. The largest absolute Gasteiger partial charge is 0.459 e. The first-order valence-electron chi connectivity index (χ1n) is 14.4. The number of ether oxygens (including phenoxy) is 6. The number of carbonyl (C=O) groups excluding carboxylic acids is 6. The van der Waals surface area contributed by atoms with Gasteiger partial charge in [-0.05, 0) is 60.0 Å². The molecular formula is C31H36O12. The summed E-state index contributed by atoms with van der Waals surface area (Å²) < 4.78 is 36.4. The van der Waals surface area contributed by atoms with Crippen LogP contribution in [0.4, 0.5) is 0 Å². The van der Waals surface area contributed by atoms with E-state index in [1.54, 1.807) is 33.8 Å². The molecule has 9 atom stereocenters. The average Bonchev–Trinajstić information content (AvgIpc) is 3.23. The Hall–Kier alpha value is -3.54. The highest BCUT2D eigenvalue weighted by Gasteiger charge is 3.03. The summed E-state index contributed by atoms with van der Waals surface area (Å²) in [6, 6.07) is 0. The van der Waals surface area contributed by atoms with Crippen molar-refractivity contribution in [3.63, 3.8) is 0 Å². The molecule has 43 heavy (non-hydrogen) atoms. The summed E-state index contributed by atoms with van der Waals surface area (Å²) in [5, 5.41) is 0. The van der Waals surface area contributed by atoms with E-state index in [0.717, 1.165) is 6.92 Å². The third-order valence-electron chi connectivity index (χ3n) is 11.6. The molecule has 3 bridgehead atoms. The lowest BCUT2D eigenvalue weighted by Crippen LogP contribution is -2.85. The lowest BCUT2D eigenvalue weighted by Gasteiger charge is -2.68. The fraction of sp³-hybridized carbons (Fsp3) is 0.677. The third kappa shape index (κ3) is 2.71. The predicted octanol–water partition coefficient (Wildman–Crippen LogP) is 2.20. The van der Waals surface area contributed by atoms with Crippen LogP contribution in [-0.4, -0.2) is 76.3 Å². The Morgan fingerprint density at radius 3 is 2.21 bits per heavy atom. The summed E-state index contributed by atoms with van der Waals surface area (Å²) >= 11 is 0. The van der Waals surface area contributed by atoms with Crippen molar-refractivity contribution in [1.82, 2.24) is 0 Å². The van der Waals surface area contributed by atoms with Gasteiger partial charge in [-0.1, -0.05) is 19.6 Å². The topological polar surface area (TPSA) is 158 Å². The van der Waals surface area contributed by atoms with Crippen LogP contribution in [0.1, 0.15) is 74.7 Å². The maximum Gasteiger partial charge on any atom is 0.345 e. The third-order valence-corrected chi connectivity index (χ3v) is 11.6. The van der Waals surface area contributed by atoms with Gasteiger partial charge in [0.2, 0.25) is 17.0 Å². The summed E-state index contributed by atoms with van der Waals surface area (Å²) in [6.45, 7) is 16.4. The minimum absolute atomic E-state index is 0.0254. The van der Waals surface area contributed by atoms with Crippen molar-refractivity contribution in [2.45, 2.75) is 115 Å². The van der Waals surface area contributed by atoms with Gasteiger partial charge in [-0.3, -0.25) is 19.2 Å². The van der Waals surface area contributed by atoms with Crippen LogP contribution in [0, 0.1) is 16.2 Å². The number of cyclic esters (lactones) is 2. The van der Waals surface area contributed by atoms with Crippen molar-refractivity contribution in [2.24, 2.45) is 16.2 Å². The molecule has 232 valence electrons. The first-order chi connectivity index (χ1) is 19.8. The lowest BCUT2D eigenvalue weighted by molar-refractivity contribution is -0.274. The zero-order chi connectivity index (χ0) is 31.9. The van der Waals surface area contributed by atoms with Crippen LogP contribution in [0.5, 0.6) is 0 Å². The van der Waals surface area contributed by atoms with Crippen molar-refractivity contribution in [3.05, 3.63) is 23.8 Å². The van der Waals surface area contributed by atoms with Crippen LogP contribution in [0.3, 0.4) is 0 Å². The van der Waals surface area contributed by atoms with Crippen molar-refractivity contribution in [3.8, 4) is 0 Å². The number of fused-ring (bicyclic) bond motifs is 1. The summed E-state index contributed by atoms with van der Waals surface area (Å²) in [6.07, 6.45) is -2.66. The Bertz CT molecular complexity index is 1490. The van der Waals surface area contributed by atoms with E-state index in [0.29, 0.717) is 0 Å². The Labute approximate surface area is 248 Å². The predicted molar refractivity (Wildman–Crippen MR) is 143 cm³/mol. The molecule has 12 nitrogen and oxygen atoms in total. The van der Waals surface area contributed by atoms with E-state index in [1.807, 2.05) is 0 Å². The molecule has 0 aromatic heterocycles. The molecule has 0 N–H and O–H groups in total. The molecule has 4 aliphatic heterocycles. The Morgan fingerprint density at radius 2 is 1.63 bits per heavy atom. The highest BCUT2D eigenvalue weighted by atomic mass is 16.7. The summed E-state index contributed by atoms with van der Waals surface area (Å²) in [7, 11) is 0. The van der Waals surface area contributed by atoms with Crippen LogP contribution in [0.15, 0.2) is 23.8 Å². The Morgan fingerprint density at radius 1 is 0.977 bits per heavy atom. The first-order valence-corrected chi connectivity index (χ1v) is 14.4. The number of ketones is 1. The van der Waals surface area contributed by atoms with E-state index >= 15 is 0 Å². The SMILES string of the molecule is C=C1[C@]2(CCC(=O)OC2(C)C)C[C@H](OC(=O)/C(C)=C/C)[C@@]2(C)[C@]34C(=O)O[C@@H](C)[C@]35O[C@@]12[C@H](OC(C)=O)[C@@](C)(OC5=O)C4=O. The van der Waals surface area contributed by atoms with Gasteiger partial charge in [0, 0.05) is 24.3 Å². The van der Waals surface area contributed by atoms with Gasteiger partial charge in [-0.25, -0.2) is 9.59 Å². The quantitative estimate of drug-likeness (QED) is 0.153. The molecule has 2 saturated carbocycles. The van der Waals surface area contributed by atoms with Crippen LogP contribution in [0.2, 0.25) is 0 Å².